The first-order chi connectivity index (χ1) is 7.64. The summed E-state index contributed by atoms with van der Waals surface area (Å²) in [6.07, 6.45) is 1.79. The number of nitrogens with zero attached hydrogens (tertiary/aromatic N) is 2. The van der Waals surface area contributed by atoms with Crippen molar-refractivity contribution in [3.63, 3.8) is 0 Å². The molecule has 5 heteroatoms. The maximum absolute atomic E-state index is 5.96. The first-order valence-corrected chi connectivity index (χ1v) is 6.08. The zero-order valence-corrected chi connectivity index (χ0v) is 9.71. The molecule has 3 N–H and O–H groups in total. The fraction of sp³-hybridized carbons (Fsp3) is 0.273. The molecule has 16 heavy (non-hydrogen) atoms. The van der Waals surface area contributed by atoms with Crippen LogP contribution >= 0.6 is 11.8 Å². The lowest BCUT2D eigenvalue weighted by Crippen LogP contribution is -2.33. The van der Waals surface area contributed by atoms with Crippen LogP contribution in [-0.2, 0) is 0 Å². The molecule has 0 saturated heterocycles. The Kier molecular flexibility index (Phi) is 2.05. The third kappa shape index (κ3) is 1.62. The van der Waals surface area contributed by atoms with Gasteiger partial charge in [-0.3, -0.25) is 9.98 Å². The van der Waals surface area contributed by atoms with E-state index in [1.165, 1.54) is 0 Å². The maximum atomic E-state index is 5.96. The van der Waals surface area contributed by atoms with Crippen molar-refractivity contribution in [3.05, 3.63) is 30.1 Å². The SMILES string of the molecule is CC1(N)CSC(c2cc3ncccc3[nH]2)=N1. The molecule has 0 radical (unpaired) electrons. The van der Waals surface area contributed by atoms with Gasteiger partial charge in [-0.25, -0.2) is 0 Å². The Labute approximate surface area is 97.4 Å². The molecule has 1 atom stereocenters. The van der Waals surface area contributed by atoms with Crippen LogP contribution < -0.4 is 5.73 Å². The molecule has 4 nitrogen and oxygen atoms in total. The molecule has 0 amide bonds. The van der Waals surface area contributed by atoms with E-state index in [1.807, 2.05) is 25.1 Å². The second-order valence-corrected chi connectivity index (χ2v) is 5.15. The third-order valence-electron chi connectivity index (χ3n) is 2.48. The molecule has 0 aliphatic carbocycles. The van der Waals surface area contributed by atoms with Crippen LogP contribution in [0.3, 0.4) is 0 Å². The molecule has 1 unspecified atom stereocenters. The monoisotopic (exact) mass is 232 g/mol. The molecule has 82 valence electrons. The van der Waals surface area contributed by atoms with Crippen LogP contribution in [0.2, 0.25) is 0 Å². The van der Waals surface area contributed by atoms with E-state index < -0.39 is 5.66 Å². The molecule has 3 heterocycles. The summed E-state index contributed by atoms with van der Waals surface area (Å²) >= 11 is 1.68. The second kappa shape index (κ2) is 3.33. The lowest BCUT2D eigenvalue weighted by atomic mass is 10.3. The number of nitrogens with two attached hydrogens (primary N) is 1. The van der Waals surface area contributed by atoms with Crippen LogP contribution in [0, 0.1) is 0 Å². The number of aromatic amines is 1. The van der Waals surface area contributed by atoms with Crippen molar-refractivity contribution in [1.29, 1.82) is 0 Å². The van der Waals surface area contributed by atoms with Gasteiger partial charge >= 0.3 is 0 Å². The lowest BCUT2D eigenvalue weighted by molar-refractivity contribution is 0.570. The molecule has 0 spiro atoms. The lowest BCUT2D eigenvalue weighted by Gasteiger charge is -2.09. The molecule has 0 bridgehead atoms. The number of hydrogen-bond donors (Lipinski definition) is 2. The van der Waals surface area contributed by atoms with Gasteiger partial charge in [-0.1, -0.05) is 0 Å². The Morgan fingerprint density at radius 1 is 1.56 bits per heavy atom. The summed E-state index contributed by atoms with van der Waals surface area (Å²) in [7, 11) is 0. The summed E-state index contributed by atoms with van der Waals surface area (Å²) in [6, 6.07) is 5.94. The molecule has 0 saturated carbocycles. The van der Waals surface area contributed by atoms with E-state index in [0.29, 0.717) is 0 Å². The van der Waals surface area contributed by atoms with Gasteiger partial charge in [0.15, 0.2) is 0 Å². The Balaban J connectivity index is 2.07. The summed E-state index contributed by atoms with van der Waals surface area (Å²) in [6.45, 7) is 1.94. The predicted molar refractivity (Wildman–Crippen MR) is 67.7 cm³/mol. The highest BCUT2D eigenvalue weighted by Crippen LogP contribution is 2.28. The fourth-order valence-corrected chi connectivity index (χ4v) is 2.75. The van der Waals surface area contributed by atoms with Crippen LogP contribution in [-0.4, -0.2) is 26.4 Å². The minimum atomic E-state index is -0.440. The number of H-pyrrole nitrogens is 1. The van der Waals surface area contributed by atoms with Crippen molar-refractivity contribution < 1.29 is 0 Å². The number of rotatable bonds is 1. The second-order valence-electron chi connectivity index (χ2n) is 4.18. The van der Waals surface area contributed by atoms with Gasteiger partial charge in [0.05, 0.1) is 16.7 Å². The normalized spacial score (nSPS) is 25.0. The fourth-order valence-electron chi connectivity index (χ4n) is 1.72. The summed E-state index contributed by atoms with van der Waals surface area (Å²) in [5.41, 5.74) is 8.53. The topological polar surface area (TPSA) is 67.1 Å². The number of hydrogen-bond acceptors (Lipinski definition) is 4. The molecule has 0 aromatic carbocycles. The van der Waals surface area contributed by atoms with Crippen molar-refractivity contribution in [1.82, 2.24) is 9.97 Å². The predicted octanol–water partition coefficient (Wildman–Crippen LogP) is 1.73. The van der Waals surface area contributed by atoms with E-state index in [4.69, 9.17) is 5.73 Å². The number of aromatic nitrogens is 2. The van der Waals surface area contributed by atoms with Gasteiger partial charge in [-0.05, 0) is 25.1 Å². The molecule has 2 aromatic heterocycles. The molecule has 2 aromatic rings. The molecule has 0 fully saturated rings. The average Bonchev–Trinajstić information content (AvgIpc) is 2.80. The van der Waals surface area contributed by atoms with Crippen LogP contribution in [0.5, 0.6) is 0 Å². The van der Waals surface area contributed by atoms with Gasteiger partial charge < -0.3 is 10.7 Å². The van der Waals surface area contributed by atoms with Gasteiger partial charge in [0.25, 0.3) is 0 Å². The van der Waals surface area contributed by atoms with E-state index >= 15 is 0 Å². The van der Waals surface area contributed by atoms with Crippen LogP contribution in [0.1, 0.15) is 12.6 Å². The minimum Gasteiger partial charge on any atom is -0.352 e. The Morgan fingerprint density at radius 2 is 2.44 bits per heavy atom. The smallest absolute Gasteiger partial charge is 0.116 e. The molecular weight excluding hydrogens is 220 g/mol. The number of thioether (sulfide) groups is 1. The quantitative estimate of drug-likeness (QED) is 0.787. The average molecular weight is 232 g/mol. The molecular formula is C11H12N4S. The molecule has 3 rings (SSSR count). The Hall–Kier alpha value is -1.33. The number of aliphatic imine (C=N–C) groups is 1. The molecule has 1 aliphatic heterocycles. The number of pyridine rings is 1. The van der Waals surface area contributed by atoms with E-state index in [2.05, 4.69) is 15.0 Å². The van der Waals surface area contributed by atoms with E-state index in [1.54, 1.807) is 18.0 Å². The largest absolute Gasteiger partial charge is 0.352 e. The highest BCUT2D eigenvalue weighted by molar-refractivity contribution is 8.14. The van der Waals surface area contributed by atoms with Crippen LogP contribution in [0.4, 0.5) is 0 Å². The summed E-state index contributed by atoms with van der Waals surface area (Å²) in [5, 5.41) is 0.975. The summed E-state index contributed by atoms with van der Waals surface area (Å²) < 4.78 is 0. The number of fused-ring (bicyclic) bond motifs is 1. The highest BCUT2D eigenvalue weighted by atomic mass is 32.2. The van der Waals surface area contributed by atoms with Crippen molar-refractivity contribution in [2.75, 3.05) is 5.75 Å². The van der Waals surface area contributed by atoms with Crippen molar-refractivity contribution in [2.45, 2.75) is 12.6 Å². The van der Waals surface area contributed by atoms with Gasteiger partial charge in [0.1, 0.15) is 10.7 Å². The highest BCUT2D eigenvalue weighted by Gasteiger charge is 2.27. The van der Waals surface area contributed by atoms with Crippen molar-refractivity contribution in [3.8, 4) is 0 Å². The molecule has 1 aliphatic rings. The van der Waals surface area contributed by atoms with Gasteiger partial charge in [-0.15, -0.1) is 11.8 Å². The summed E-state index contributed by atoms with van der Waals surface area (Å²) in [4.78, 5) is 12.1. The maximum Gasteiger partial charge on any atom is 0.116 e. The Morgan fingerprint density at radius 3 is 3.12 bits per heavy atom. The number of nitrogens with one attached hydrogen (secondary N) is 1. The van der Waals surface area contributed by atoms with Gasteiger partial charge in [0, 0.05) is 11.9 Å². The zero-order chi connectivity index (χ0) is 11.2. The van der Waals surface area contributed by atoms with E-state index in [0.717, 1.165) is 27.5 Å². The minimum absolute atomic E-state index is 0.440. The van der Waals surface area contributed by atoms with Crippen molar-refractivity contribution in [2.24, 2.45) is 10.7 Å². The van der Waals surface area contributed by atoms with Gasteiger partial charge in [-0.2, -0.15) is 0 Å². The van der Waals surface area contributed by atoms with Crippen LogP contribution in [0.15, 0.2) is 29.4 Å². The van der Waals surface area contributed by atoms with E-state index in [9.17, 15) is 0 Å². The first kappa shape index (κ1) is 9.86. The van der Waals surface area contributed by atoms with Gasteiger partial charge in [0.2, 0.25) is 0 Å². The standard InChI is InChI=1S/C11H12N4S/c1-11(12)6-16-10(15-11)9-5-8-7(14-9)3-2-4-13-8/h2-5,14H,6,12H2,1H3. The first-order valence-electron chi connectivity index (χ1n) is 5.10. The van der Waals surface area contributed by atoms with Crippen LogP contribution in [0.25, 0.3) is 11.0 Å². The van der Waals surface area contributed by atoms with Crippen molar-refractivity contribution >= 4 is 27.8 Å². The Bertz CT molecular complexity index is 537. The van der Waals surface area contributed by atoms with E-state index in [-0.39, 0.29) is 0 Å². The third-order valence-corrected chi connectivity index (χ3v) is 3.79. The summed E-state index contributed by atoms with van der Waals surface area (Å²) in [5.74, 6) is 0.825. The zero-order valence-electron chi connectivity index (χ0n) is 8.90.